The van der Waals surface area contributed by atoms with Gasteiger partial charge in [0.2, 0.25) is 5.78 Å². The minimum Gasteiger partial charge on any atom is -0.507 e. The molecule has 1 N–H and O–H groups in total. The monoisotopic (exact) mass is 444 g/mol. The van der Waals surface area contributed by atoms with Crippen molar-refractivity contribution in [3.63, 3.8) is 0 Å². The Hall–Kier alpha value is -2.94. The average Bonchev–Trinajstić information content (AvgIpc) is 3.37. The highest BCUT2D eigenvalue weighted by Crippen LogP contribution is 2.31. The molecule has 6 nitrogen and oxygen atoms in total. The third kappa shape index (κ3) is 3.57. The highest BCUT2D eigenvalue weighted by molar-refractivity contribution is 7.90. The molecule has 146 valence electrons. The minimum absolute atomic E-state index is 0.0979. The van der Waals surface area contributed by atoms with Crippen LogP contribution in [0, 0.1) is 0 Å². The summed E-state index contributed by atoms with van der Waals surface area (Å²) in [5.74, 6) is -0.856. The van der Waals surface area contributed by atoms with E-state index in [1.165, 1.54) is 24.5 Å². The first-order valence-electron chi connectivity index (χ1n) is 8.34. The Labute approximate surface area is 175 Å². The third-order valence-electron chi connectivity index (χ3n) is 4.22. The van der Waals surface area contributed by atoms with Crippen molar-refractivity contribution >= 4 is 55.4 Å². The van der Waals surface area contributed by atoms with Crippen molar-refractivity contribution in [3.8, 4) is 0 Å². The molecule has 0 unspecified atom stereocenters. The molecule has 9 heteroatoms. The summed E-state index contributed by atoms with van der Waals surface area (Å²) in [6, 6.07) is 12.6. The second kappa shape index (κ2) is 7.47. The lowest BCUT2D eigenvalue weighted by Gasteiger charge is -2.07. The lowest BCUT2D eigenvalue weighted by Crippen LogP contribution is -2.11. The molecule has 4 aromatic rings. The van der Waals surface area contributed by atoms with Gasteiger partial charge in [-0.3, -0.25) is 4.79 Å². The Kier molecular flexibility index (Phi) is 4.99. The number of ketones is 1. The highest BCUT2D eigenvalue weighted by atomic mass is 35.5. The number of allylic oxidation sites excluding steroid dienone is 1. The van der Waals surface area contributed by atoms with Crippen molar-refractivity contribution in [2.75, 3.05) is 0 Å². The van der Waals surface area contributed by atoms with Crippen LogP contribution in [0.5, 0.6) is 0 Å². The van der Waals surface area contributed by atoms with Crippen molar-refractivity contribution in [1.29, 1.82) is 0 Å². The number of rotatable bonds is 5. The molecule has 0 saturated heterocycles. The van der Waals surface area contributed by atoms with Crippen LogP contribution in [-0.4, -0.2) is 28.3 Å². The van der Waals surface area contributed by atoms with Crippen molar-refractivity contribution in [3.05, 3.63) is 88.0 Å². The maximum atomic E-state index is 13.1. The summed E-state index contributed by atoms with van der Waals surface area (Å²) in [6.45, 7) is 0. The lowest BCUT2D eigenvalue weighted by molar-refractivity contribution is 0.104. The fourth-order valence-corrected chi connectivity index (χ4v) is 5.00. The van der Waals surface area contributed by atoms with Gasteiger partial charge in [-0.05, 0) is 30.3 Å². The maximum Gasteiger partial charge on any atom is 0.268 e. The molecule has 4 rings (SSSR count). The molecule has 0 saturated carbocycles. The molecular formula is C20H13ClN2O4S2. The van der Waals surface area contributed by atoms with E-state index in [0.29, 0.717) is 15.9 Å². The quantitative estimate of drug-likeness (QED) is 0.272. The molecule has 2 aromatic carbocycles. The zero-order valence-corrected chi connectivity index (χ0v) is 17.1. The predicted octanol–water partition coefficient (Wildman–Crippen LogP) is 4.77. The maximum absolute atomic E-state index is 13.1. The van der Waals surface area contributed by atoms with Crippen LogP contribution in [0.3, 0.4) is 0 Å². The number of benzene rings is 2. The summed E-state index contributed by atoms with van der Waals surface area (Å²) in [4.78, 5) is 16.3. The fraction of sp³-hybridized carbons (Fsp3) is 0. The molecule has 0 aliphatic rings. The topological polar surface area (TPSA) is 89.3 Å². The Morgan fingerprint density at radius 1 is 1.17 bits per heavy atom. The normalized spacial score (nSPS) is 12.4. The van der Waals surface area contributed by atoms with Crippen molar-refractivity contribution < 1.29 is 18.3 Å². The molecular weight excluding hydrogens is 432 g/mol. The zero-order chi connectivity index (χ0) is 20.6. The van der Waals surface area contributed by atoms with Crippen LogP contribution >= 0.6 is 22.9 Å². The molecule has 0 atom stereocenters. The Morgan fingerprint density at radius 3 is 2.62 bits per heavy atom. The van der Waals surface area contributed by atoms with Gasteiger partial charge >= 0.3 is 0 Å². The fourth-order valence-electron chi connectivity index (χ4n) is 2.89. The molecule has 0 spiro atoms. The number of carbonyl (C=O) groups is 1. The largest absolute Gasteiger partial charge is 0.507 e. The highest BCUT2D eigenvalue weighted by Gasteiger charge is 2.23. The van der Waals surface area contributed by atoms with Crippen LogP contribution < -0.4 is 0 Å². The summed E-state index contributed by atoms with van der Waals surface area (Å²) in [5, 5.41) is 13.2. The minimum atomic E-state index is -3.92. The number of halogens is 1. The van der Waals surface area contributed by atoms with Gasteiger partial charge in [0.25, 0.3) is 10.0 Å². The first kappa shape index (κ1) is 19.4. The first-order chi connectivity index (χ1) is 13.9. The second-order valence-corrected chi connectivity index (χ2v) is 9.20. The molecule has 2 aromatic heterocycles. The van der Waals surface area contributed by atoms with Gasteiger partial charge in [-0.15, -0.1) is 11.3 Å². The van der Waals surface area contributed by atoms with E-state index < -0.39 is 15.8 Å². The molecule has 0 amide bonds. The predicted molar refractivity (Wildman–Crippen MR) is 113 cm³/mol. The molecule has 29 heavy (non-hydrogen) atoms. The van der Waals surface area contributed by atoms with E-state index in [1.54, 1.807) is 41.8 Å². The molecule has 0 radical (unpaired) electrons. The van der Waals surface area contributed by atoms with Crippen molar-refractivity contribution in [2.45, 2.75) is 4.90 Å². The Bertz CT molecular complexity index is 1340. The van der Waals surface area contributed by atoms with Gasteiger partial charge < -0.3 is 5.11 Å². The van der Waals surface area contributed by atoms with Gasteiger partial charge in [-0.2, -0.15) is 0 Å². The van der Waals surface area contributed by atoms with Crippen LogP contribution in [0.1, 0.15) is 15.4 Å². The van der Waals surface area contributed by atoms with Gasteiger partial charge in [0.1, 0.15) is 5.76 Å². The second-order valence-electron chi connectivity index (χ2n) is 6.05. The first-order valence-corrected chi connectivity index (χ1v) is 11.0. The number of fused-ring (bicyclic) bond motifs is 1. The Balaban J connectivity index is 1.90. The van der Waals surface area contributed by atoms with E-state index in [1.807, 2.05) is 0 Å². The summed E-state index contributed by atoms with van der Waals surface area (Å²) in [6.07, 6.45) is 3.79. The lowest BCUT2D eigenvalue weighted by atomic mass is 10.1. The van der Waals surface area contributed by atoms with E-state index in [9.17, 15) is 18.3 Å². The van der Waals surface area contributed by atoms with E-state index in [0.717, 1.165) is 21.4 Å². The van der Waals surface area contributed by atoms with E-state index in [2.05, 4.69) is 4.98 Å². The number of carbonyl (C=O) groups excluding carboxylic acids is 1. The SMILES string of the molecule is O=C(/C=C(\O)c1cn(S(=O)(=O)c2ccccc2)c2ccc(Cl)cc12)c1nccs1. The smallest absolute Gasteiger partial charge is 0.268 e. The number of aromatic nitrogens is 2. The molecule has 2 heterocycles. The van der Waals surface area contributed by atoms with Gasteiger partial charge in [0.05, 0.1) is 10.4 Å². The van der Waals surface area contributed by atoms with Gasteiger partial charge in [0.15, 0.2) is 5.01 Å². The average molecular weight is 445 g/mol. The number of nitrogens with zero attached hydrogens (tertiary/aromatic N) is 2. The number of aliphatic hydroxyl groups excluding tert-OH is 1. The summed E-state index contributed by atoms with van der Waals surface area (Å²) in [5.41, 5.74) is 0.502. The van der Waals surface area contributed by atoms with Gasteiger partial charge in [-0.1, -0.05) is 29.8 Å². The summed E-state index contributed by atoms with van der Waals surface area (Å²) < 4.78 is 27.3. The van der Waals surface area contributed by atoms with Crippen LogP contribution in [0.4, 0.5) is 0 Å². The molecule has 0 fully saturated rings. The van der Waals surface area contributed by atoms with Gasteiger partial charge in [0, 0.05) is 39.8 Å². The van der Waals surface area contributed by atoms with Crippen molar-refractivity contribution in [2.24, 2.45) is 0 Å². The van der Waals surface area contributed by atoms with Gasteiger partial charge in [-0.25, -0.2) is 17.4 Å². The van der Waals surface area contributed by atoms with Crippen LogP contribution in [0.15, 0.2) is 77.3 Å². The molecule has 0 aliphatic heterocycles. The molecule has 0 bridgehead atoms. The van der Waals surface area contributed by atoms with Crippen LogP contribution in [0.2, 0.25) is 5.02 Å². The van der Waals surface area contributed by atoms with E-state index in [-0.39, 0.29) is 21.2 Å². The summed E-state index contributed by atoms with van der Waals surface area (Å²) >= 11 is 7.23. The van der Waals surface area contributed by atoms with Crippen LogP contribution in [0.25, 0.3) is 16.7 Å². The third-order valence-corrected chi connectivity index (χ3v) is 6.93. The standard InChI is InChI=1S/C20H13ClN2O4S2/c21-13-6-7-17-15(10-13)16(18(24)11-19(25)20-22-8-9-28-20)12-23(17)29(26,27)14-4-2-1-3-5-14/h1-12,24H/b18-11-. The molecule has 0 aliphatic carbocycles. The Morgan fingerprint density at radius 2 is 1.93 bits per heavy atom. The number of hydrogen-bond acceptors (Lipinski definition) is 6. The zero-order valence-electron chi connectivity index (χ0n) is 14.7. The van der Waals surface area contributed by atoms with E-state index in [4.69, 9.17) is 11.6 Å². The number of thiazole rings is 1. The van der Waals surface area contributed by atoms with Crippen molar-refractivity contribution in [1.82, 2.24) is 8.96 Å². The number of aliphatic hydroxyl groups is 1. The van der Waals surface area contributed by atoms with E-state index >= 15 is 0 Å². The number of hydrogen-bond donors (Lipinski definition) is 1. The summed E-state index contributed by atoms with van der Waals surface area (Å²) in [7, 11) is -3.92. The van der Waals surface area contributed by atoms with Crippen LogP contribution in [-0.2, 0) is 10.0 Å².